The molecule has 0 unspecified atom stereocenters. The Kier molecular flexibility index (Phi) is 5.29. The molecule has 0 aliphatic carbocycles. The van der Waals surface area contributed by atoms with Gasteiger partial charge in [0.25, 0.3) is 0 Å². The second-order valence-electron chi connectivity index (χ2n) is 5.52. The van der Waals surface area contributed by atoms with Gasteiger partial charge in [0.2, 0.25) is 21.8 Å². The molecular weight excluding hydrogens is 356 g/mol. The molecule has 0 bridgehead atoms. The quantitative estimate of drug-likeness (QED) is 0.673. The summed E-state index contributed by atoms with van der Waals surface area (Å²) in [5.41, 5.74) is 1.31. The third kappa shape index (κ3) is 4.06. The largest absolute Gasteiger partial charge is 0.497 e. The Labute approximate surface area is 151 Å². The second-order valence-corrected chi connectivity index (χ2v) is 7.26. The molecule has 0 radical (unpaired) electrons. The molecule has 136 valence electrons. The number of sulfonamides is 1. The van der Waals surface area contributed by atoms with Gasteiger partial charge in [-0.1, -0.05) is 0 Å². The van der Waals surface area contributed by atoms with Gasteiger partial charge in [-0.3, -0.25) is 4.98 Å². The molecule has 0 aliphatic rings. The van der Waals surface area contributed by atoms with Crippen LogP contribution in [0.25, 0.3) is 11.5 Å². The first-order valence-corrected chi connectivity index (χ1v) is 9.35. The SMILES string of the molecule is COc1ccc(S(=O)(=O)NCCc2nnc(-c3cccnc3)o2)c(C)c1. The van der Waals surface area contributed by atoms with Crippen LogP contribution in [0.3, 0.4) is 0 Å². The summed E-state index contributed by atoms with van der Waals surface area (Å²) >= 11 is 0. The minimum absolute atomic E-state index is 0.141. The highest BCUT2D eigenvalue weighted by molar-refractivity contribution is 7.89. The fourth-order valence-electron chi connectivity index (χ4n) is 2.38. The monoisotopic (exact) mass is 374 g/mol. The summed E-state index contributed by atoms with van der Waals surface area (Å²) in [5.74, 6) is 1.30. The predicted octanol–water partition coefficient (Wildman–Crippen LogP) is 1.97. The van der Waals surface area contributed by atoms with Gasteiger partial charge in [-0.05, 0) is 42.8 Å². The Balaban J connectivity index is 1.63. The van der Waals surface area contributed by atoms with Gasteiger partial charge in [0, 0.05) is 25.4 Å². The predicted molar refractivity (Wildman–Crippen MR) is 94.2 cm³/mol. The lowest BCUT2D eigenvalue weighted by Gasteiger charge is -2.09. The molecule has 9 heteroatoms. The van der Waals surface area contributed by atoms with E-state index in [2.05, 4.69) is 19.9 Å². The van der Waals surface area contributed by atoms with E-state index < -0.39 is 10.0 Å². The van der Waals surface area contributed by atoms with E-state index in [0.29, 0.717) is 28.7 Å². The van der Waals surface area contributed by atoms with E-state index in [1.54, 1.807) is 43.6 Å². The van der Waals surface area contributed by atoms with Crippen LogP contribution >= 0.6 is 0 Å². The lowest BCUT2D eigenvalue weighted by Crippen LogP contribution is -2.26. The summed E-state index contributed by atoms with van der Waals surface area (Å²) in [6.45, 7) is 1.86. The van der Waals surface area contributed by atoms with Crippen molar-refractivity contribution in [2.24, 2.45) is 0 Å². The van der Waals surface area contributed by atoms with Crippen molar-refractivity contribution < 1.29 is 17.6 Å². The van der Waals surface area contributed by atoms with Crippen LogP contribution in [-0.4, -0.2) is 37.3 Å². The van der Waals surface area contributed by atoms with Gasteiger partial charge in [0.05, 0.1) is 17.6 Å². The van der Waals surface area contributed by atoms with Crippen LogP contribution in [0, 0.1) is 6.92 Å². The normalized spacial score (nSPS) is 11.5. The third-order valence-corrected chi connectivity index (χ3v) is 5.30. The van der Waals surface area contributed by atoms with Gasteiger partial charge in [-0.2, -0.15) is 0 Å². The van der Waals surface area contributed by atoms with Crippen LogP contribution < -0.4 is 9.46 Å². The van der Waals surface area contributed by atoms with Gasteiger partial charge in [0.15, 0.2) is 0 Å². The van der Waals surface area contributed by atoms with E-state index in [9.17, 15) is 8.42 Å². The highest BCUT2D eigenvalue weighted by Gasteiger charge is 2.17. The van der Waals surface area contributed by atoms with Crippen LogP contribution in [0.5, 0.6) is 5.75 Å². The van der Waals surface area contributed by atoms with Crippen molar-refractivity contribution in [1.29, 1.82) is 0 Å². The molecule has 0 amide bonds. The van der Waals surface area contributed by atoms with E-state index in [4.69, 9.17) is 9.15 Å². The van der Waals surface area contributed by atoms with Crippen LogP contribution in [0.1, 0.15) is 11.5 Å². The van der Waals surface area contributed by atoms with Crippen molar-refractivity contribution in [3.63, 3.8) is 0 Å². The first-order valence-electron chi connectivity index (χ1n) is 7.86. The lowest BCUT2D eigenvalue weighted by molar-refractivity contribution is 0.414. The van der Waals surface area contributed by atoms with Crippen molar-refractivity contribution in [2.75, 3.05) is 13.7 Å². The van der Waals surface area contributed by atoms with Crippen LogP contribution in [0.15, 0.2) is 52.0 Å². The van der Waals surface area contributed by atoms with Gasteiger partial charge < -0.3 is 9.15 Å². The third-order valence-electron chi connectivity index (χ3n) is 3.68. The Morgan fingerprint density at radius 2 is 2.08 bits per heavy atom. The zero-order valence-electron chi connectivity index (χ0n) is 14.3. The molecule has 3 rings (SSSR count). The van der Waals surface area contributed by atoms with Gasteiger partial charge >= 0.3 is 0 Å². The average molecular weight is 374 g/mol. The van der Waals surface area contributed by atoms with Crippen LogP contribution in [0.4, 0.5) is 0 Å². The van der Waals surface area contributed by atoms with Crippen molar-refractivity contribution in [3.05, 3.63) is 54.2 Å². The molecule has 0 atom stereocenters. The summed E-state index contributed by atoms with van der Waals surface area (Å²) in [4.78, 5) is 4.20. The van der Waals surface area contributed by atoms with Gasteiger partial charge in [-0.15, -0.1) is 10.2 Å². The van der Waals surface area contributed by atoms with Crippen molar-refractivity contribution >= 4 is 10.0 Å². The number of nitrogens with zero attached hydrogens (tertiary/aromatic N) is 3. The number of ether oxygens (including phenoxy) is 1. The maximum absolute atomic E-state index is 12.4. The smallest absolute Gasteiger partial charge is 0.249 e. The molecule has 2 heterocycles. The maximum Gasteiger partial charge on any atom is 0.249 e. The number of benzene rings is 1. The van der Waals surface area contributed by atoms with Crippen LogP contribution in [-0.2, 0) is 16.4 Å². The van der Waals surface area contributed by atoms with E-state index in [1.807, 2.05) is 0 Å². The Morgan fingerprint density at radius 3 is 2.77 bits per heavy atom. The number of hydrogen-bond acceptors (Lipinski definition) is 7. The highest BCUT2D eigenvalue weighted by atomic mass is 32.2. The molecule has 0 spiro atoms. The summed E-state index contributed by atoms with van der Waals surface area (Å²) in [7, 11) is -2.10. The standard InChI is InChI=1S/C17H18N4O4S/c1-12-10-14(24-2)5-6-15(12)26(22,23)19-9-7-16-20-21-17(25-16)13-4-3-8-18-11-13/h3-6,8,10-11,19H,7,9H2,1-2H3. The zero-order chi connectivity index (χ0) is 18.6. The number of pyridine rings is 1. The molecule has 8 nitrogen and oxygen atoms in total. The summed E-state index contributed by atoms with van der Waals surface area (Å²) < 4.78 is 38.1. The molecule has 0 saturated heterocycles. The fourth-order valence-corrected chi connectivity index (χ4v) is 3.64. The minimum atomic E-state index is -3.64. The number of nitrogens with one attached hydrogen (secondary N) is 1. The van der Waals surface area contributed by atoms with Gasteiger partial charge in [-0.25, -0.2) is 13.1 Å². The number of aryl methyl sites for hydroxylation is 1. The average Bonchev–Trinajstić information content (AvgIpc) is 3.11. The van der Waals surface area contributed by atoms with E-state index >= 15 is 0 Å². The number of hydrogen-bond donors (Lipinski definition) is 1. The van der Waals surface area contributed by atoms with Crippen molar-refractivity contribution in [2.45, 2.75) is 18.2 Å². The van der Waals surface area contributed by atoms with Gasteiger partial charge in [0.1, 0.15) is 5.75 Å². The first kappa shape index (κ1) is 18.0. The lowest BCUT2D eigenvalue weighted by atomic mass is 10.2. The maximum atomic E-state index is 12.4. The Morgan fingerprint density at radius 1 is 1.23 bits per heavy atom. The number of rotatable bonds is 7. The van der Waals surface area contributed by atoms with Crippen molar-refractivity contribution in [3.8, 4) is 17.2 Å². The Bertz CT molecular complexity index is 987. The molecular formula is C17H18N4O4S. The highest BCUT2D eigenvalue weighted by Crippen LogP contribution is 2.21. The number of methoxy groups -OCH3 is 1. The molecule has 0 aliphatic heterocycles. The fraction of sp³-hybridized carbons (Fsp3) is 0.235. The van der Waals surface area contributed by atoms with Crippen molar-refractivity contribution in [1.82, 2.24) is 19.9 Å². The molecule has 2 aromatic heterocycles. The Hall–Kier alpha value is -2.78. The topological polar surface area (TPSA) is 107 Å². The van der Waals surface area contributed by atoms with E-state index in [0.717, 1.165) is 0 Å². The molecule has 0 fully saturated rings. The molecule has 26 heavy (non-hydrogen) atoms. The number of aromatic nitrogens is 3. The van der Waals surface area contributed by atoms with E-state index in [1.165, 1.54) is 13.2 Å². The summed E-state index contributed by atoms with van der Waals surface area (Å²) in [5, 5.41) is 7.87. The summed E-state index contributed by atoms with van der Waals surface area (Å²) in [6.07, 6.45) is 3.55. The minimum Gasteiger partial charge on any atom is -0.497 e. The van der Waals surface area contributed by atoms with E-state index in [-0.39, 0.29) is 17.9 Å². The second kappa shape index (κ2) is 7.63. The molecule has 3 aromatic rings. The van der Waals surface area contributed by atoms with Crippen LogP contribution in [0.2, 0.25) is 0 Å². The zero-order valence-corrected chi connectivity index (χ0v) is 15.2. The first-order chi connectivity index (χ1) is 12.5. The summed E-state index contributed by atoms with van der Waals surface area (Å²) in [6, 6.07) is 8.38. The molecule has 1 N–H and O–H groups in total. The molecule has 1 aromatic carbocycles. The molecule has 0 saturated carbocycles.